The molecule has 0 N–H and O–H groups in total. The van der Waals surface area contributed by atoms with Gasteiger partial charge in [0.15, 0.2) is 5.76 Å². The van der Waals surface area contributed by atoms with Gasteiger partial charge in [0.2, 0.25) is 5.91 Å². The number of likely N-dealkylation sites (tertiary alicyclic amines) is 1. The number of amides is 2. The number of pyridine rings is 1. The highest BCUT2D eigenvalue weighted by Crippen LogP contribution is 2.43. The molecule has 0 atom stereocenters. The van der Waals surface area contributed by atoms with Gasteiger partial charge in [0.1, 0.15) is 5.82 Å². The van der Waals surface area contributed by atoms with E-state index in [1.807, 2.05) is 35.1 Å². The van der Waals surface area contributed by atoms with Gasteiger partial charge in [0.05, 0.1) is 19.5 Å². The predicted molar refractivity (Wildman–Crippen MR) is 146 cm³/mol. The first-order chi connectivity index (χ1) is 18.5. The van der Waals surface area contributed by atoms with Crippen LogP contribution >= 0.6 is 0 Å². The second-order valence-electron chi connectivity index (χ2n) is 11.4. The highest BCUT2D eigenvalue weighted by molar-refractivity contribution is 6.04. The minimum atomic E-state index is -0.132. The normalized spacial score (nSPS) is 20.8. The largest absolute Gasteiger partial charge is 0.459 e. The summed E-state index contributed by atoms with van der Waals surface area (Å²) in [7, 11) is 0. The Labute approximate surface area is 226 Å². The van der Waals surface area contributed by atoms with Crippen molar-refractivity contribution >= 4 is 17.6 Å². The summed E-state index contributed by atoms with van der Waals surface area (Å²) in [5, 5.41) is 0. The van der Waals surface area contributed by atoms with Crippen LogP contribution in [0.4, 0.5) is 5.82 Å². The second-order valence-corrected chi connectivity index (χ2v) is 11.4. The molecular weight excluding hydrogens is 480 g/mol. The Kier molecular flexibility index (Phi) is 8.79. The Morgan fingerprint density at radius 1 is 1.05 bits per heavy atom. The van der Waals surface area contributed by atoms with Crippen molar-refractivity contribution in [3.63, 3.8) is 0 Å². The number of aromatic nitrogens is 1. The molecule has 3 fully saturated rings. The fourth-order valence-electron chi connectivity index (χ4n) is 6.44. The fourth-order valence-corrected chi connectivity index (χ4v) is 6.44. The quantitative estimate of drug-likeness (QED) is 0.501. The summed E-state index contributed by atoms with van der Waals surface area (Å²) >= 11 is 0. The number of carbonyl (C=O) groups is 2. The van der Waals surface area contributed by atoms with Crippen LogP contribution in [0.25, 0.3) is 0 Å². The Hall–Kier alpha value is -2.71. The van der Waals surface area contributed by atoms with Gasteiger partial charge in [-0.1, -0.05) is 25.3 Å². The Morgan fingerprint density at radius 3 is 2.47 bits per heavy atom. The van der Waals surface area contributed by atoms with Crippen LogP contribution in [0.5, 0.6) is 0 Å². The fraction of sp³-hybridized carbons (Fsp3) is 0.633. The van der Waals surface area contributed by atoms with Gasteiger partial charge in [-0.2, -0.15) is 0 Å². The van der Waals surface area contributed by atoms with Crippen molar-refractivity contribution in [2.75, 3.05) is 50.8 Å². The van der Waals surface area contributed by atoms with E-state index in [9.17, 15) is 9.59 Å². The topological polar surface area (TPSA) is 79.1 Å². The van der Waals surface area contributed by atoms with Crippen molar-refractivity contribution in [3.8, 4) is 0 Å². The highest BCUT2D eigenvalue weighted by Gasteiger charge is 2.37. The van der Waals surface area contributed by atoms with Crippen molar-refractivity contribution in [2.45, 2.75) is 70.8 Å². The molecule has 3 aliphatic rings. The lowest BCUT2D eigenvalue weighted by Crippen LogP contribution is -2.49. The Balaban J connectivity index is 1.20. The first-order valence-electron chi connectivity index (χ1n) is 14.4. The van der Waals surface area contributed by atoms with E-state index in [2.05, 4.69) is 9.88 Å². The number of morpholine rings is 1. The lowest BCUT2D eigenvalue weighted by Gasteiger charge is -2.42. The molecule has 0 radical (unpaired) electrons. The third kappa shape index (κ3) is 6.46. The number of hydrogen-bond donors (Lipinski definition) is 0. The summed E-state index contributed by atoms with van der Waals surface area (Å²) in [5.41, 5.74) is 1.19. The zero-order valence-corrected chi connectivity index (χ0v) is 22.8. The van der Waals surface area contributed by atoms with Gasteiger partial charge in [-0.25, -0.2) is 4.98 Å². The van der Waals surface area contributed by atoms with E-state index in [1.165, 1.54) is 19.3 Å². The Bertz CT molecular complexity index is 1030. The van der Waals surface area contributed by atoms with Gasteiger partial charge in [-0.15, -0.1) is 0 Å². The molecule has 8 heteroatoms. The molecule has 0 bridgehead atoms. The van der Waals surface area contributed by atoms with Crippen LogP contribution in [-0.2, 0) is 9.53 Å². The van der Waals surface area contributed by atoms with Crippen LogP contribution in [0.3, 0.4) is 0 Å². The lowest BCUT2D eigenvalue weighted by atomic mass is 9.69. The smallest absolute Gasteiger partial charge is 0.295 e. The number of anilines is 1. The molecular formula is C30H42N4O4. The number of rotatable bonds is 8. The van der Waals surface area contributed by atoms with E-state index >= 15 is 0 Å². The number of carbonyl (C=O) groups excluding carboxylic acids is 2. The summed E-state index contributed by atoms with van der Waals surface area (Å²) in [5.74, 6) is 1.20. The van der Waals surface area contributed by atoms with E-state index in [0.29, 0.717) is 37.1 Å². The predicted octanol–water partition coefficient (Wildman–Crippen LogP) is 4.68. The van der Waals surface area contributed by atoms with Gasteiger partial charge in [-0.05, 0) is 74.8 Å². The van der Waals surface area contributed by atoms with E-state index in [1.54, 1.807) is 18.4 Å². The van der Waals surface area contributed by atoms with Crippen LogP contribution in [0.1, 0.15) is 73.9 Å². The van der Waals surface area contributed by atoms with Crippen molar-refractivity contribution < 1.29 is 18.7 Å². The number of furan rings is 1. The zero-order chi connectivity index (χ0) is 26.4. The molecule has 0 unspecified atom stereocenters. The number of nitrogens with zero attached hydrogens (tertiary/aromatic N) is 4. The number of hydrogen-bond acceptors (Lipinski definition) is 6. The van der Waals surface area contributed by atoms with E-state index < -0.39 is 0 Å². The summed E-state index contributed by atoms with van der Waals surface area (Å²) in [6.07, 6.45) is 12.9. The molecule has 1 saturated carbocycles. The molecule has 2 aromatic rings. The molecule has 38 heavy (non-hydrogen) atoms. The molecule has 2 saturated heterocycles. The highest BCUT2D eigenvalue weighted by atomic mass is 16.5. The maximum atomic E-state index is 13.4. The minimum absolute atomic E-state index is 0.0746. The van der Waals surface area contributed by atoms with Crippen LogP contribution < -0.4 is 4.90 Å². The monoisotopic (exact) mass is 522 g/mol. The van der Waals surface area contributed by atoms with E-state index in [4.69, 9.17) is 9.15 Å². The third-order valence-corrected chi connectivity index (χ3v) is 8.78. The molecule has 8 nitrogen and oxygen atoms in total. The van der Waals surface area contributed by atoms with Crippen molar-refractivity contribution in [1.82, 2.24) is 14.8 Å². The van der Waals surface area contributed by atoms with Crippen LogP contribution in [-0.4, -0.2) is 78.6 Å². The molecule has 2 aliphatic heterocycles. The molecule has 206 valence electrons. The maximum absolute atomic E-state index is 13.4. The van der Waals surface area contributed by atoms with Gasteiger partial charge < -0.3 is 19.0 Å². The van der Waals surface area contributed by atoms with Gasteiger partial charge in [0.25, 0.3) is 5.91 Å². The number of piperidine rings is 1. The van der Waals surface area contributed by atoms with Gasteiger partial charge in [-0.3, -0.25) is 14.5 Å². The van der Waals surface area contributed by atoms with Gasteiger partial charge in [0, 0.05) is 44.8 Å². The summed E-state index contributed by atoms with van der Waals surface area (Å²) in [4.78, 5) is 37.5. The van der Waals surface area contributed by atoms with E-state index in [-0.39, 0.29) is 17.4 Å². The average Bonchev–Trinajstić information content (AvgIpc) is 3.50. The SMILES string of the molecule is Cc1ccc(N(C(=O)c2ccco2)C2CCN(CCC3(CC(=O)N4CCOCC4)CCCCC3)CC2)nc1. The molecule has 0 aromatic carbocycles. The standard InChI is InChI=1S/C30H42N4O4/c1-24-7-8-27(31-23-24)34(29(36)26-6-5-19-38-26)25-9-14-32(15-10-25)16-13-30(11-3-2-4-12-30)22-28(35)33-17-20-37-21-18-33/h5-8,19,23,25H,2-4,9-18,20-22H2,1H3. The second kappa shape index (κ2) is 12.4. The van der Waals surface area contributed by atoms with Crippen LogP contribution in [0.15, 0.2) is 41.1 Å². The first-order valence-corrected chi connectivity index (χ1v) is 14.4. The van der Waals surface area contributed by atoms with Crippen molar-refractivity contribution in [3.05, 3.63) is 48.0 Å². The summed E-state index contributed by atoms with van der Waals surface area (Å²) < 4.78 is 10.9. The minimum Gasteiger partial charge on any atom is -0.459 e. The maximum Gasteiger partial charge on any atom is 0.295 e. The summed E-state index contributed by atoms with van der Waals surface area (Å²) in [6, 6.07) is 7.48. The number of aryl methyl sites for hydroxylation is 1. The van der Waals surface area contributed by atoms with Gasteiger partial charge >= 0.3 is 0 Å². The first kappa shape index (κ1) is 26.9. The molecule has 5 rings (SSSR count). The summed E-state index contributed by atoms with van der Waals surface area (Å²) in [6.45, 7) is 7.66. The Morgan fingerprint density at radius 2 is 1.82 bits per heavy atom. The van der Waals surface area contributed by atoms with Crippen molar-refractivity contribution in [1.29, 1.82) is 0 Å². The van der Waals surface area contributed by atoms with E-state index in [0.717, 1.165) is 70.4 Å². The number of ether oxygens (including phenoxy) is 1. The zero-order valence-electron chi connectivity index (χ0n) is 22.8. The molecule has 2 aromatic heterocycles. The average molecular weight is 523 g/mol. The lowest BCUT2D eigenvalue weighted by molar-refractivity contribution is -0.138. The molecule has 2 amide bonds. The van der Waals surface area contributed by atoms with Crippen molar-refractivity contribution in [2.24, 2.45) is 5.41 Å². The third-order valence-electron chi connectivity index (χ3n) is 8.78. The van der Waals surface area contributed by atoms with Crippen LogP contribution in [0.2, 0.25) is 0 Å². The van der Waals surface area contributed by atoms with Crippen LogP contribution in [0, 0.1) is 12.3 Å². The molecule has 4 heterocycles. The molecule has 1 aliphatic carbocycles. The molecule has 0 spiro atoms.